The number of rotatable bonds is 10. The van der Waals surface area contributed by atoms with Crippen molar-refractivity contribution < 1.29 is 27.9 Å². The smallest absolute Gasteiger partial charge is 0.356 e. The fourth-order valence-corrected chi connectivity index (χ4v) is 5.10. The number of anilines is 1. The number of carboxylic acids is 1. The first-order valence-corrected chi connectivity index (χ1v) is 13.5. The Morgan fingerprint density at radius 2 is 1.92 bits per heavy atom. The Bertz CT molecular complexity index is 1460. The van der Waals surface area contributed by atoms with Crippen molar-refractivity contribution in [3.8, 4) is 17.3 Å². The van der Waals surface area contributed by atoms with Gasteiger partial charge in [0.1, 0.15) is 10.6 Å². The van der Waals surface area contributed by atoms with Gasteiger partial charge in [0.2, 0.25) is 21.8 Å². The molecular weight excluding hydrogens is 520 g/mol. The van der Waals surface area contributed by atoms with Gasteiger partial charge in [-0.1, -0.05) is 37.6 Å². The third-order valence-electron chi connectivity index (χ3n) is 5.69. The molecule has 3 N–H and O–H groups in total. The molecule has 4 rings (SSSR count). The van der Waals surface area contributed by atoms with E-state index < -0.39 is 16.0 Å². The largest absolute Gasteiger partial charge is 0.476 e. The highest BCUT2D eigenvalue weighted by Gasteiger charge is 2.31. The molecule has 1 heterocycles. The van der Waals surface area contributed by atoms with Gasteiger partial charge in [-0.15, -0.1) is 0 Å². The molecule has 1 fully saturated rings. The summed E-state index contributed by atoms with van der Waals surface area (Å²) in [6, 6.07) is 10.9. The van der Waals surface area contributed by atoms with Crippen molar-refractivity contribution in [2.45, 2.75) is 38.5 Å². The van der Waals surface area contributed by atoms with E-state index in [2.05, 4.69) is 15.1 Å². The van der Waals surface area contributed by atoms with E-state index in [9.17, 15) is 23.1 Å². The fourth-order valence-electron chi connectivity index (χ4n) is 3.52. The van der Waals surface area contributed by atoms with Crippen LogP contribution in [-0.2, 0) is 14.8 Å². The molecule has 0 spiro atoms. The molecule has 37 heavy (non-hydrogen) atoms. The maximum atomic E-state index is 13.3. The first kappa shape index (κ1) is 26.6. The number of nitrogens with one attached hydrogen (secondary N) is 2. The lowest BCUT2D eigenvalue weighted by Crippen LogP contribution is -2.28. The Hall–Kier alpha value is -3.41. The predicted molar refractivity (Wildman–Crippen MR) is 138 cm³/mol. The van der Waals surface area contributed by atoms with Crippen molar-refractivity contribution in [1.29, 1.82) is 0 Å². The van der Waals surface area contributed by atoms with Crippen LogP contribution in [0.5, 0.6) is 11.6 Å². The van der Waals surface area contributed by atoms with Gasteiger partial charge >= 0.3 is 5.97 Å². The third kappa shape index (κ3) is 5.95. The zero-order valence-electron chi connectivity index (χ0n) is 20.5. The summed E-state index contributed by atoms with van der Waals surface area (Å²) in [7, 11) is -4.08. The summed E-state index contributed by atoms with van der Waals surface area (Å²) in [4.78, 5) is 23.9. The van der Waals surface area contributed by atoms with Gasteiger partial charge in [0, 0.05) is 23.7 Å². The number of amides is 1. The summed E-state index contributed by atoms with van der Waals surface area (Å²) < 4.78 is 36.4. The highest BCUT2D eigenvalue weighted by molar-refractivity contribution is 7.89. The number of carbonyl (C=O) groups excluding carboxylic acids is 1. The van der Waals surface area contributed by atoms with E-state index in [0.29, 0.717) is 11.4 Å². The van der Waals surface area contributed by atoms with Crippen LogP contribution in [0, 0.1) is 18.8 Å². The highest BCUT2D eigenvalue weighted by atomic mass is 35.5. The van der Waals surface area contributed by atoms with Gasteiger partial charge in [0.25, 0.3) is 0 Å². The normalized spacial score (nSPS) is 13.5. The standard InChI is InChI=1S/C25H27ClN4O6S/c1-14(2)13-27-37(34,35)21-12-17(28-23(31)16-8-9-16)10-11-20(21)36-24-15(3)22(25(32)33)29-30(24)19-7-5-4-6-18(19)26/h4-7,10-12,14,16,27H,8-9,13H2,1-3H3,(H,28,31)(H,32,33). The van der Waals surface area contributed by atoms with E-state index in [4.69, 9.17) is 16.3 Å². The van der Waals surface area contributed by atoms with E-state index in [0.717, 1.165) is 12.8 Å². The number of sulfonamides is 1. The fraction of sp³-hybridized carbons (Fsp3) is 0.320. The number of aromatic nitrogens is 2. The number of halogens is 1. The number of carboxylic acid groups (broad SMARTS) is 1. The summed E-state index contributed by atoms with van der Waals surface area (Å²) in [6.45, 7) is 5.42. The summed E-state index contributed by atoms with van der Waals surface area (Å²) >= 11 is 6.34. The molecule has 3 aromatic rings. The first-order chi connectivity index (χ1) is 17.5. The Morgan fingerprint density at radius 3 is 2.54 bits per heavy atom. The van der Waals surface area contributed by atoms with Crippen molar-refractivity contribution in [1.82, 2.24) is 14.5 Å². The molecule has 10 nitrogen and oxygen atoms in total. The van der Waals surface area contributed by atoms with E-state index in [-0.39, 0.29) is 57.1 Å². The number of carbonyl (C=O) groups is 2. The second-order valence-electron chi connectivity index (χ2n) is 9.22. The van der Waals surface area contributed by atoms with Crippen LogP contribution in [0.1, 0.15) is 42.7 Å². The van der Waals surface area contributed by atoms with Gasteiger partial charge in [-0.05, 0) is 56.0 Å². The molecular formula is C25H27ClN4O6S. The molecule has 0 unspecified atom stereocenters. The lowest BCUT2D eigenvalue weighted by atomic mass is 10.2. The van der Waals surface area contributed by atoms with Crippen molar-refractivity contribution in [3.63, 3.8) is 0 Å². The maximum absolute atomic E-state index is 13.3. The minimum atomic E-state index is -4.08. The minimum absolute atomic E-state index is 0.0134. The van der Waals surface area contributed by atoms with E-state index in [1.165, 1.54) is 29.8 Å². The number of benzene rings is 2. The second kappa shape index (κ2) is 10.5. The molecule has 1 aliphatic carbocycles. The summed E-state index contributed by atoms with van der Waals surface area (Å²) in [6.07, 6.45) is 1.59. The molecule has 1 saturated carbocycles. The van der Waals surface area contributed by atoms with Crippen molar-refractivity contribution >= 4 is 39.2 Å². The quantitative estimate of drug-likeness (QED) is 0.337. The summed E-state index contributed by atoms with van der Waals surface area (Å²) in [5.74, 6) is -1.57. The monoisotopic (exact) mass is 546 g/mol. The van der Waals surface area contributed by atoms with Crippen molar-refractivity contribution in [2.75, 3.05) is 11.9 Å². The number of hydrogen-bond acceptors (Lipinski definition) is 6. The van der Waals surface area contributed by atoms with Gasteiger partial charge < -0.3 is 15.2 Å². The number of hydrogen-bond donors (Lipinski definition) is 3. The lowest BCUT2D eigenvalue weighted by molar-refractivity contribution is -0.117. The predicted octanol–water partition coefficient (Wildman–Crippen LogP) is 4.61. The Balaban J connectivity index is 1.81. The average molecular weight is 547 g/mol. The van der Waals surface area contributed by atoms with Gasteiger partial charge in [-0.25, -0.2) is 17.9 Å². The highest BCUT2D eigenvalue weighted by Crippen LogP contribution is 2.37. The Labute approximate surface area is 219 Å². The molecule has 0 radical (unpaired) electrons. The summed E-state index contributed by atoms with van der Waals surface area (Å²) in [5.41, 5.74) is 0.560. The van der Waals surface area contributed by atoms with Gasteiger partial charge in [0.15, 0.2) is 5.69 Å². The molecule has 1 aliphatic rings. The molecule has 1 aromatic heterocycles. The van der Waals surface area contributed by atoms with Crippen LogP contribution in [0.4, 0.5) is 5.69 Å². The van der Waals surface area contributed by atoms with Crippen LogP contribution in [0.2, 0.25) is 5.02 Å². The average Bonchev–Trinajstić information content (AvgIpc) is 3.64. The van der Waals surface area contributed by atoms with Gasteiger partial charge in [0.05, 0.1) is 10.7 Å². The summed E-state index contributed by atoms with van der Waals surface area (Å²) in [5, 5.41) is 16.8. The maximum Gasteiger partial charge on any atom is 0.356 e. The first-order valence-electron chi connectivity index (χ1n) is 11.7. The lowest BCUT2D eigenvalue weighted by Gasteiger charge is -2.16. The Morgan fingerprint density at radius 1 is 1.22 bits per heavy atom. The minimum Gasteiger partial charge on any atom is -0.476 e. The van der Waals surface area contributed by atoms with Crippen LogP contribution in [-0.4, -0.2) is 41.7 Å². The molecule has 2 aromatic carbocycles. The second-order valence-corrected chi connectivity index (χ2v) is 11.4. The SMILES string of the molecule is Cc1c(C(=O)O)nn(-c2ccccc2Cl)c1Oc1ccc(NC(=O)C2CC2)cc1S(=O)(=O)NCC(C)C. The molecule has 0 aliphatic heterocycles. The van der Waals surface area contributed by atoms with Gasteiger partial charge in [-0.3, -0.25) is 4.79 Å². The number of ether oxygens (including phenoxy) is 1. The van der Waals surface area contributed by atoms with Crippen LogP contribution in [0.15, 0.2) is 47.4 Å². The van der Waals surface area contributed by atoms with E-state index in [1.807, 2.05) is 13.8 Å². The molecule has 0 bridgehead atoms. The number of nitrogens with zero attached hydrogens (tertiary/aromatic N) is 2. The van der Waals surface area contributed by atoms with Crippen LogP contribution >= 0.6 is 11.6 Å². The molecule has 12 heteroatoms. The van der Waals surface area contributed by atoms with Crippen LogP contribution < -0.4 is 14.8 Å². The van der Waals surface area contributed by atoms with Gasteiger partial charge in [-0.2, -0.15) is 9.78 Å². The third-order valence-corrected chi connectivity index (χ3v) is 7.45. The Kier molecular flexibility index (Phi) is 7.58. The molecule has 1 amide bonds. The topological polar surface area (TPSA) is 140 Å². The zero-order valence-corrected chi connectivity index (χ0v) is 22.1. The van der Waals surface area contributed by atoms with E-state index >= 15 is 0 Å². The van der Waals surface area contributed by atoms with Crippen LogP contribution in [0.3, 0.4) is 0 Å². The number of aromatic carboxylic acids is 1. The van der Waals surface area contributed by atoms with Crippen molar-refractivity contribution in [2.24, 2.45) is 11.8 Å². The van der Waals surface area contributed by atoms with Crippen LogP contribution in [0.25, 0.3) is 5.69 Å². The van der Waals surface area contributed by atoms with Crippen molar-refractivity contribution in [3.05, 3.63) is 58.7 Å². The molecule has 196 valence electrons. The number of para-hydroxylation sites is 1. The van der Waals surface area contributed by atoms with E-state index in [1.54, 1.807) is 24.3 Å². The zero-order chi connectivity index (χ0) is 26.9. The molecule has 0 saturated heterocycles. The molecule has 0 atom stereocenters.